The Hall–Kier alpha value is -6.63. The highest BCUT2D eigenvalue weighted by Crippen LogP contribution is 2.29. The number of hydrogen-bond donors (Lipinski definition) is 8. The number of amides is 5. The van der Waals surface area contributed by atoms with Gasteiger partial charge in [-0.05, 0) is 95.7 Å². The Morgan fingerprint density at radius 2 is 1.08 bits per heavy atom. The van der Waals surface area contributed by atoms with E-state index in [1.807, 2.05) is 84.9 Å². The lowest BCUT2D eigenvalue weighted by Crippen LogP contribution is -2.53. The number of alkyl carbamates (subject to hydrolysis) is 1. The summed E-state index contributed by atoms with van der Waals surface area (Å²) in [5, 5.41) is 15.4. The van der Waals surface area contributed by atoms with Crippen LogP contribution in [-0.4, -0.2) is 69.5 Å². The van der Waals surface area contributed by atoms with Gasteiger partial charge in [-0.1, -0.05) is 60.7 Å². The SMILES string of the molecule is C[C@H](NC(=O)[C@@H](CCc1ccccc1)NC(=O)OC(C)(C)C)C(=O)NCc1cc2c(N)nccc2s1.C[C@H](NC(=O)[C@H](N)CCc1ccccc1)C(=O)NCc1cc2c(N)nccc2s1. The number of rotatable bonds is 17. The fourth-order valence-electron chi connectivity index (χ4n) is 6.44. The molecule has 18 heteroatoms. The standard InChI is InChI=1S/C26H33N5O4S.C21H25N5O2S/c1-16(23(32)29-15-18-14-19-21(36-18)12-13-28-22(19)27)30-24(33)20(31-25(34)35-26(2,3)4)11-10-17-8-6-5-7-9-17;1-13(26-21(28)17(22)8-7-14-5-3-2-4-6-14)20(27)25-12-15-11-16-18(29-15)9-10-24-19(16)23/h5-9,12-14,16,20H,10-11,15H2,1-4H3,(H2,27,28)(H,29,32)(H,30,33)(H,31,34);2-6,9-11,13,17H,7-8,12,22H2,1H3,(H2,23,24)(H,25,27)(H,26,28)/t16-,20+;13-,17+/m00/s1. The second-order valence-electron chi connectivity index (χ2n) is 16.4. The number of ether oxygens (including phenoxy) is 1. The summed E-state index contributed by atoms with van der Waals surface area (Å²) in [6.45, 7) is 9.15. The highest BCUT2D eigenvalue weighted by atomic mass is 32.1. The molecule has 0 fully saturated rings. The molecule has 0 bridgehead atoms. The molecule has 344 valence electrons. The third kappa shape index (κ3) is 15.5. The van der Waals surface area contributed by atoms with Crippen LogP contribution in [0.2, 0.25) is 0 Å². The lowest BCUT2D eigenvalue weighted by Gasteiger charge is -2.24. The van der Waals surface area contributed by atoms with Crippen LogP contribution >= 0.6 is 22.7 Å². The molecule has 0 aliphatic heterocycles. The van der Waals surface area contributed by atoms with E-state index in [-0.39, 0.29) is 17.7 Å². The first-order valence-corrected chi connectivity index (χ1v) is 22.8. The van der Waals surface area contributed by atoms with Gasteiger partial charge in [-0.25, -0.2) is 14.8 Å². The Labute approximate surface area is 386 Å². The number of thiophene rings is 2. The summed E-state index contributed by atoms with van der Waals surface area (Å²) in [7, 11) is 0. The average Bonchev–Trinajstić information content (AvgIpc) is 3.91. The molecule has 4 atom stereocenters. The van der Waals surface area contributed by atoms with Crippen molar-refractivity contribution in [1.29, 1.82) is 0 Å². The number of anilines is 2. The molecular formula is C47H58N10O6S2. The number of nitrogen functional groups attached to an aromatic ring is 2. The van der Waals surface area contributed by atoms with E-state index in [1.165, 1.54) is 11.3 Å². The van der Waals surface area contributed by atoms with Crippen LogP contribution < -0.4 is 43.8 Å². The summed E-state index contributed by atoms with van der Waals surface area (Å²) in [5.41, 5.74) is 19.2. The van der Waals surface area contributed by atoms with Crippen LogP contribution in [0, 0.1) is 0 Å². The first-order chi connectivity index (χ1) is 30.9. The van der Waals surface area contributed by atoms with Crippen molar-refractivity contribution >= 4 is 84.2 Å². The summed E-state index contributed by atoms with van der Waals surface area (Å²) in [6.07, 6.45) is 4.76. The Bertz CT molecular complexity index is 2540. The molecule has 5 amide bonds. The number of aromatic nitrogens is 2. The normalized spacial score (nSPS) is 13.0. The fourth-order valence-corrected chi connectivity index (χ4v) is 8.45. The van der Waals surface area contributed by atoms with E-state index in [0.29, 0.717) is 50.4 Å². The maximum Gasteiger partial charge on any atom is 0.408 e. The van der Waals surface area contributed by atoms with Gasteiger partial charge in [-0.15, -0.1) is 22.7 Å². The summed E-state index contributed by atoms with van der Waals surface area (Å²) in [6, 6.07) is 24.1. The van der Waals surface area contributed by atoms with Crippen molar-refractivity contribution in [3.05, 3.63) is 118 Å². The fraction of sp³-hybridized carbons (Fsp3) is 0.340. The molecule has 16 nitrogen and oxygen atoms in total. The predicted octanol–water partition coefficient (Wildman–Crippen LogP) is 5.49. The zero-order valence-electron chi connectivity index (χ0n) is 37.2. The van der Waals surface area contributed by atoms with E-state index in [1.54, 1.807) is 58.3 Å². The molecule has 2 aromatic carbocycles. The van der Waals surface area contributed by atoms with Gasteiger partial charge in [-0.2, -0.15) is 0 Å². The number of pyridine rings is 2. The minimum absolute atomic E-state index is 0.267. The summed E-state index contributed by atoms with van der Waals surface area (Å²) in [5.74, 6) is -0.477. The molecule has 0 aliphatic rings. The van der Waals surface area contributed by atoms with Crippen LogP contribution in [0.5, 0.6) is 0 Å². The zero-order valence-corrected chi connectivity index (χ0v) is 38.8. The molecule has 4 heterocycles. The number of nitrogens with two attached hydrogens (primary N) is 3. The molecule has 0 aliphatic carbocycles. The van der Waals surface area contributed by atoms with E-state index in [9.17, 15) is 24.0 Å². The summed E-state index contributed by atoms with van der Waals surface area (Å²) < 4.78 is 7.33. The molecule has 0 saturated carbocycles. The molecule has 11 N–H and O–H groups in total. The van der Waals surface area contributed by atoms with Gasteiger partial charge in [0.15, 0.2) is 0 Å². The smallest absolute Gasteiger partial charge is 0.408 e. The van der Waals surface area contributed by atoms with Crippen molar-refractivity contribution in [2.45, 2.75) is 103 Å². The third-order valence-electron chi connectivity index (χ3n) is 9.93. The van der Waals surface area contributed by atoms with Crippen molar-refractivity contribution in [2.75, 3.05) is 11.5 Å². The van der Waals surface area contributed by atoms with E-state index >= 15 is 0 Å². The molecule has 0 spiro atoms. The second kappa shape index (κ2) is 23.3. The van der Waals surface area contributed by atoms with Crippen molar-refractivity contribution < 1.29 is 28.7 Å². The molecule has 0 saturated heterocycles. The monoisotopic (exact) mass is 922 g/mol. The highest BCUT2D eigenvalue weighted by Gasteiger charge is 2.27. The average molecular weight is 923 g/mol. The third-order valence-corrected chi connectivity index (χ3v) is 12.1. The van der Waals surface area contributed by atoms with Gasteiger partial charge >= 0.3 is 6.09 Å². The first-order valence-electron chi connectivity index (χ1n) is 21.2. The minimum Gasteiger partial charge on any atom is -0.444 e. The minimum atomic E-state index is -0.867. The van der Waals surface area contributed by atoms with Crippen LogP contribution in [0.25, 0.3) is 20.2 Å². The number of nitrogens with one attached hydrogen (secondary N) is 5. The Kier molecular flexibility index (Phi) is 17.7. The van der Waals surface area contributed by atoms with E-state index in [0.717, 1.165) is 41.1 Å². The number of hydrogen-bond acceptors (Lipinski definition) is 13. The van der Waals surface area contributed by atoms with Crippen molar-refractivity contribution in [3.8, 4) is 0 Å². The largest absolute Gasteiger partial charge is 0.444 e. The van der Waals surface area contributed by atoms with Crippen molar-refractivity contribution in [1.82, 2.24) is 36.6 Å². The molecule has 6 rings (SSSR count). The van der Waals surface area contributed by atoms with Crippen LogP contribution in [0.4, 0.5) is 16.4 Å². The van der Waals surface area contributed by atoms with E-state index in [2.05, 4.69) is 36.6 Å². The zero-order chi connectivity index (χ0) is 47.1. The lowest BCUT2D eigenvalue weighted by atomic mass is 10.0. The number of aryl methyl sites for hydroxylation is 2. The topological polar surface area (TPSA) is 259 Å². The van der Waals surface area contributed by atoms with Crippen LogP contribution in [0.15, 0.2) is 97.3 Å². The number of nitrogens with zero attached hydrogens (tertiary/aromatic N) is 2. The van der Waals surface area contributed by atoms with Crippen molar-refractivity contribution in [3.63, 3.8) is 0 Å². The lowest BCUT2D eigenvalue weighted by molar-refractivity contribution is -0.129. The van der Waals surface area contributed by atoms with E-state index in [4.69, 9.17) is 21.9 Å². The van der Waals surface area contributed by atoms with Crippen LogP contribution in [-0.2, 0) is 49.8 Å². The Morgan fingerprint density at radius 1 is 0.631 bits per heavy atom. The number of fused-ring (bicyclic) bond motifs is 2. The second-order valence-corrected chi connectivity index (χ2v) is 18.7. The highest BCUT2D eigenvalue weighted by molar-refractivity contribution is 7.19. The van der Waals surface area contributed by atoms with Crippen LogP contribution in [0.3, 0.4) is 0 Å². The van der Waals surface area contributed by atoms with Gasteiger partial charge in [-0.3, -0.25) is 19.2 Å². The van der Waals surface area contributed by atoms with Gasteiger partial charge in [0, 0.05) is 42.3 Å². The maximum absolute atomic E-state index is 13.0. The quantitative estimate of drug-likeness (QED) is 0.0568. The van der Waals surface area contributed by atoms with Crippen LogP contribution in [0.1, 0.15) is 68.3 Å². The summed E-state index contributed by atoms with van der Waals surface area (Å²) >= 11 is 3.06. The molecule has 65 heavy (non-hydrogen) atoms. The van der Waals surface area contributed by atoms with Gasteiger partial charge < -0.3 is 48.5 Å². The molecule has 0 unspecified atom stereocenters. The maximum atomic E-state index is 13.0. The van der Waals surface area contributed by atoms with Gasteiger partial charge in [0.25, 0.3) is 0 Å². The van der Waals surface area contributed by atoms with Crippen molar-refractivity contribution in [2.24, 2.45) is 5.73 Å². The Balaban J connectivity index is 0.000000250. The van der Waals surface area contributed by atoms with Gasteiger partial charge in [0.1, 0.15) is 35.4 Å². The van der Waals surface area contributed by atoms with E-state index < -0.39 is 41.8 Å². The first kappa shape index (κ1) is 49.4. The number of carbonyl (C=O) groups is 5. The molecule has 4 aromatic heterocycles. The number of benzene rings is 2. The predicted molar refractivity (Wildman–Crippen MR) is 258 cm³/mol. The number of carbonyl (C=O) groups excluding carboxylic acids is 5. The Morgan fingerprint density at radius 3 is 1.52 bits per heavy atom. The molecular weight excluding hydrogens is 865 g/mol. The van der Waals surface area contributed by atoms with Gasteiger partial charge in [0.05, 0.1) is 19.1 Å². The summed E-state index contributed by atoms with van der Waals surface area (Å²) in [4.78, 5) is 72.7. The molecule has 6 aromatic rings. The van der Waals surface area contributed by atoms with Gasteiger partial charge in [0.2, 0.25) is 23.6 Å². The molecule has 0 radical (unpaired) electrons.